The number of aryl methyl sites for hydroxylation is 1. The van der Waals surface area contributed by atoms with Crippen LogP contribution in [0.1, 0.15) is 74.3 Å². The highest BCUT2D eigenvalue weighted by Crippen LogP contribution is 2.39. The molecule has 37 heavy (non-hydrogen) atoms. The smallest absolute Gasteiger partial charge is 0.249 e. The molecule has 0 saturated carbocycles. The highest BCUT2D eigenvalue weighted by molar-refractivity contribution is 6.33. The van der Waals surface area contributed by atoms with Crippen LogP contribution < -0.4 is 10.5 Å². The number of amides is 1. The fraction of sp³-hybridized carbons (Fsp3) is 0.429. The SMILES string of the molecule is CCn1cc(-c2ccc(CC(CCO)c3c(C(N)=O)ccc(OC(C)C)c3Cl)cc2F)nc1C(C)(C)O. The van der Waals surface area contributed by atoms with Crippen molar-refractivity contribution in [3.05, 3.63) is 69.9 Å². The largest absolute Gasteiger partial charge is 0.489 e. The third-order valence-electron chi connectivity index (χ3n) is 6.11. The van der Waals surface area contributed by atoms with E-state index < -0.39 is 23.2 Å². The highest BCUT2D eigenvalue weighted by atomic mass is 35.5. The number of halogens is 2. The van der Waals surface area contributed by atoms with E-state index in [1.54, 1.807) is 48.9 Å². The molecule has 7 nitrogen and oxygen atoms in total. The quantitative estimate of drug-likeness (QED) is 0.315. The Morgan fingerprint density at radius 2 is 1.97 bits per heavy atom. The first kappa shape index (κ1) is 28.6. The van der Waals surface area contributed by atoms with Crippen molar-refractivity contribution in [2.24, 2.45) is 5.73 Å². The first-order valence-electron chi connectivity index (χ1n) is 12.4. The number of aromatic nitrogens is 2. The standard InChI is InChI=1S/C28H35ClFN3O4/c1-6-33-15-22(32-27(33)28(4,5)36)19-8-7-17(14-21(19)30)13-18(11-12-34)24-20(26(31)35)9-10-23(25(24)29)37-16(2)3/h7-10,14-16,18,34,36H,6,11-13H2,1-5H3,(H2,31,35). The van der Waals surface area contributed by atoms with Crippen molar-refractivity contribution in [3.63, 3.8) is 0 Å². The molecule has 1 heterocycles. The molecule has 1 amide bonds. The van der Waals surface area contributed by atoms with Crippen LogP contribution in [-0.2, 0) is 18.6 Å². The maximum atomic E-state index is 15.3. The maximum Gasteiger partial charge on any atom is 0.249 e. The fourth-order valence-corrected chi connectivity index (χ4v) is 4.85. The molecule has 0 bridgehead atoms. The number of hydrogen-bond donors (Lipinski definition) is 3. The van der Waals surface area contributed by atoms with Crippen LogP contribution in [0.2, 0.25) is 5.02 Å². The van der Waals surface area contributed by atoms with Gasteiger partial charge in [0.2, 0.25) is 5.91 Å². The van der Waals surface area contributed by atoms with Gasteiger partial charge in [-0.3, -0.25) is 4.79 Å². The maximum absolute atomic E-state index is 15.3. The van der Waals surface area contributed by atoms with Crippen molar-refractivity contribution in [2.75, 3.05) is 6.61 Å². The van der Waals surface area contributed by atoms with Gasteiger partial charge < -0.3 is 25.3 Å². The topological polar surface area (TPSA) is 111 Å². The number of nitrogens with zero attached hydrogens (tertiary/aromatic N) is 2. The summed E-state index contributed by atoms with van der Waals surface area (Å²) in [4.78, 5) is 16.7. The van der Waals surface area contributed by atoms with Gasteiger partial charge in [0.05, 0.1) is 16.8 Å². The summed E-state index contributed by atoms with van der Waals surface area (Å²) in [5.74, 6) is -0.668. The molecule has 9 heteroatoms. The number of aliphatic hydroxyl groups excluding tert-OH is 1. The summed E-state index contributed by atoms with van der Waals surface area (Å²) in [6.45, 7) is 9.34. The minimum Gasteiger partial charge on any atom is -0.489 e. The second-order valence-corrected chi connectivity index (χ2v) is 10.3. The third-order valence-corrected chi connectivity index (χ3v) is 6.50. The summed E-state index contributed by atoms with van der Waals surface area (Å²) < 4.78 is 22.9. The van der Waals surface area contributed by atoms with E-state index in [4.69, 9.17) is 22.1 Å². The number of primary amides is 1. The lowest BCUT2D eigenvalue weighted by Gasteiger charge is -2.23. The molecule has 4 N–H and O–H groups in total. The Morgan fingerprint density at radius 1 is 1.27 bits per heavy atom. The Balaban J connectivity index is 2.01. The minimum absolute atomic E-state index is 0.143. The lowest BCUT2D eigenvalue weighted by molar-refractivity contribution is 0.0649. The van der Waals surface area contributed by atoms with Gasteiger partial charge in [-0.05, 0) is 88.8 Å². The molecule has 0 aliphatic heterocycles. The van der Waals surface area contributed by atoms with Crippen LogP contribution in [-0.4, -0.2) is 38.4 Å². The van der Waals surface area contributed by atoms with Crippen molar-refractivity contribution in [1.29, 1.82) is 0 Å². The lowest BCUT2D eigenvalue weighted by Crippen LogP contribution is -2.21. The molecule has 0 spiro atoms. The van der Waals surface area contributed by atoms with E-state index in [-0.39, 0.29) is 29.7 Å². The van der Waals surface area contributed by atoms with Gasteiger partial charge in [0.15, 0.2) is 0 Å². The van der Waals surface area contributed by atoms with Gasteiger partial charge in [0.25, 0.3) is 0 Å². The number of rotatable bonds is 11. The van der Waals surface area contributed by atoms with Crippen LogP contribution in [0.15, 0.2) is 36.5 Å². The number of imidazole rings is 1. The summed E-state index contributed by atoms with van der Waals surface area (Å²) in [7, 11) is 0. The fourth-order valence-electron chi connectivity index (χ4n) is 4.49. The molecule has 3 rings (SSSR count). The molecule has 1 unspecified atom stereocenters. The monoisotopic (exact) mass is 531 g/mol. The minimum atomic E-state index is -1.17. The molecule has 1 atom stereocenters. The van der Waals surface area contributed by atoms with Crippen molar-refractivity contribution in [3.8, 4) is 17.0 Å². The molecular weight excluding hydrogens is 497 g/mol. The van der Waals surface area contributed by atoms with Gasteiger partial charge >= 0.3 is 0 Å². The first-order valence-corrected chi connectivity index (χ1v) is 12.7. The van der Waals surface area contributed by atoms with E-state index in [2.05, 4.69) is 4.98 Å². The van der Waals surface area contributed by atoms with Gasteiger partial charge in [-0.25, -0.2) is 9.37 Å². The molecule has 0 saturated heterocycles. The lowest BCUT2D eigenvalue weighted by atomic mass is 9.85. The number of nitrogens with two attached hydrogens (primary N) is 1. The Kier molecular flexibility index (Phi) is 9.00. The van der Waals surface area contributed by atoms with Gasteiger partial charge in [-0.1, -0.05) is 17.7 Å². The van der Waals surface area contributed by atoms with E-state index in [1.807, 2.05) is 20.8 Å². The Bertz CT molecular complexity index is 1270. The predicted octanol–water partition coefficient (Wildman–Crippen LogP) is 5.18. The highest BCUT2D eigenvalue weighted by Gasteiger charge is 2.26. The molecule has 0 aliphatic rings. The molecular formula is C28H35ClFN3O4. The van der Waals surface area contributed by atoms with E-state index in [1.165, 1.54) is 6.07 Å². The van der Waals surface area contributed by atoms with Crippen LogP contribution in [0.25, 0.3) is 11.3 Å². The van der Waals surface area contributed by atoms with E-state index >= 15 is 4.39 Å². The van der Waals surface area contributed by atoms with Gasteiger partial charge in [0.1, 0.15) is 23.0 Å². The normalized spacial score (nSPS) is 12.7. The predicted molar refractivity (Wildman–Crippen MR) is 142 cm³/mol. The van der Waals surface area contributed by atoms with Crippen LogP contribution in [0, 0.1) is 5.82 Å². The number of aliphatic hydroxyl groups is 2. The number of hydrogen-bond acceptors (Lipinski definition) is 5. The van der Waals surface area contributed by atoms with Crippen LogP contribution in [0.5, 0.6) is 5.75 Å². The average molecular weight is 532 g/mol. The van der Waals surface area contributed by atoms with Crippen LogP contribution >= 0.6 is 11.6 Å². The van der Waals surface area contributed by atoms with Crippen molar-refractivity contribution < 1.29 is 24.1 Å². The van der Waals surface area contributed by atoms with Crippen LogP contribution in [0.3, 0.4) is 0 Å². The van der Waals surface area contributed by atoms with Crippen LogP contribution in [0.4, 0.5) is 4.39 Å². The van der Waals surface area contributed by atoms with Gasteiger partial charge in [-0.2, -0.15) is 0 Å². The van der Waals surface area contributed by atoms with E-state index in [0.29, 0.717) is 46.9 Å². The Labute approximate surface area is 222 Å². The zero-order valence-electron chi connectivity index (χ0n) is 21.9. The first-order chi connectivity index (χ1) is 17.4. The van der Waals surface area contributed by atoms with Crippen molar-refractivity contribution in [1.82, 2.24) is 9.55 Å². The number of ether oxygens (including phenoxy) is 1. The summed E-state index contributed by atoms with van der Waals surface area (Å²) in [5, 5.41) is 20.5. The zero-order chi connectivity index (χ0) is 27.5. The summed E-state index contributed by atoms with van der Waals surface area (Å²) in [6, 6.07) is 8.02. The zero-order valence-corrected chi connectivity index (χ0v) is 22.6. The number of carbonyl (C=O) groups is 1. The average Bonchev–Trinajstić information content (AvgIpc) is 3.24. The van der Waals surface area contributed by atoms with E-state index in [9.17, 15) is 15.0 Å². The Hall–Kier alpha value is -2.94. The molecule has 1 aromatic heterocycles. The molecule has 0 fully saturated rings. The molecule has 2 aromatic carbocycles. The van der Waals surface area contributed by atoms with Gasteiger partial charge in [-0.15, -0.1) is 0 Å². The van der Waals surface area contributed by atoms with E-state index in [0.717, 1.165) is 0 Å². The second kappa shape index (κ2) is 11.6. The molecule has 0 aliphatic carbocycles. The molecule has 3 aromatic rings. The number of carbonyl (C=O) groups excluding carboxylic acids is 1. The molecule has 200 valence electrons. The third kappa shape index (κ3) is 6.50. The summed E-state index contributed by atoms with van der Waals surface area (Å²) >= 11 is 6.68. The van der Waals surface area contributed by atoms with Gasteiger partial charge in [0, 0.05) is 30.5 Å². The number of benzene rings is 2. The van der Waals surface area contributed by atoms with Crippen molar-refractivity contribution >= 4 is 17.5 Å². The van der Waals surface area contributed by atoms with Crippen molar-refractivity contribution in [2.45, 2.75) is 71.6 Å². The second-order valence-electron chi connectivity index (χ2n) is 9.89. The molecule has 0 radical (unpaired) electrons. The summed E-state index contributed by atoms with van der Waals surface area (Å²) in [6.07, 6.45) is 2.17. The Morgan fingerprint density at radius 3 is 2.49 bits per heavy atom. The summed E-state index contributed by atoms with van der Waals surface area (Å²) in [5.41, 5.74) is 6.56.